The summed E-state index contributed by atoms with van der Waals surface area (Å²) in [4.78, 5) is 1.60. The highest BCUT2D eigenvalue weighted by Gasteiger charge is 2.29. The quantitative estimate of drug-likeness (QED) is 0.0307. The number of fused-ring (bicyclic) bond motifs is 6. The molecule has 2 unspecified atom stereocenters. The van der Waals surface area contributed by atoms with Gasteiger partial charge in [0.15, 0.2) is 11.5 Å². The average molecular weight is 1300 g/mol. The van der Waals surface area contributed by atoms with Crippen molar-refractivity contribution in [2.45, 2.75) is 234 Å². The van der Waals surface area contributed by atoms with Crippen LogP contribution in [0.25, 0.3) is 75.9 Å². The number of rotatable bonds is 35. The van der Waals surface area contributed by atoms with Gasteiger partial charge in [0, 0.05) is 43.4 Å². The largest absolute Gasteiger partial charge is 0.504 e. The van der Waals surface area contributed by atoms with Gasteiger partial charge in [-0.3, -0.25) is 0 Å². The van der Waals surface area contributed by atoms with E-state index in [1.54, 1.807) is 22.7 Å². The second-order valence-electron chi connectivity index (χ2n) is 28.6. The van der Waals surface area contributed by atoms with Gasteiger partial charge in [-0.25, -0.2) is 0 Å². The van der Waals surface area contributed by atoms with Gasteiger partial charge in [-0.05, 0) is 206 Å². The fourth-order valence-corrected chi connectivity index (χ4v) is 16.3. The molecule has 10 rings (SSSR count). The second-order valence-corrected chi connectivity index (χ2v) is 30.3. The first-order valence-corrected chi connectivity index (χ1v) is 37.8. The summed E-state index contributed by atoms with van der Waals surface area (Å²) in [7, 11) is 0. The first-order chi connectivity index (χ1) is 45.4. The monoisotopic (exact) mass is 1300 g/mol. The third-order valence-corrected chi connectivity index (χ3v) is 22.0. The Morgan fingerprint density at radius 2 is 0.947 bits per heavy atom. The summed E-state index contributed by atoms with van der Waals surface area (Å²) in [6.07, 6.45) is 26.0. The molecule has 0 spiro atoms. The van der Waals surface area contributed by atoms with E-state index < -0.39 is 0 Å². The second kappa shape index (κ2) is 31.7. The van der Waals surface area contributed by atoms with Crippen molar-refractivity contribution in [3.63, 3.8) is 0 Å². The zero-order valence-corrected chi connectivity index (χ0v) is 60.7. The van der Waals surface area contributed by atoms with Crippen LogP contribution in [0.3, 0.4) is 0 Å². The molecule has 0 aliphatic heterocycles. The van der Waals surface area contributed by atoms with Crippen molar-refractivity contribution in [1.29, 1.82) is 0 Å². The Bertz CT molecular complexity index is 4230. The van der Waals surface area contributed by atoms with Gasteiger partial charge in [-0.2, -0.15) is 0 Å². The maximum atomic E-state index is 12.8. The standard InChI is InChI=1S/C86H108N2O4S2/c1-14-20-23-26-46-85(10,11)65-38-44-79(71(53-65)83-81(89)77(56-93-83)87-73-40-34-61(32-24-21-15-2)49-67(73)69-51-63(36-42-75(69)87)59(8)30-18-5)91-47-27-28-48-92-80-45-39-66(86(12,13)55-58(7)29-17-4)54-72(80)84-82(90)78(57-94-84)88-74-41-35-62(33-25-22-16-3)50-68(74)70-52-64(37-43-76(70)88)60(9)31-19-6/h23,26,34-45,49-54,56-57,59-60,89-90H,7,14-22,24-25,27-33,46-48,55H2,1-6,8-13H3/b26-23-. The Labute approximate surface area is 571 Å². The minimum atomic E-state index is -0.194. The summed E-state index contributed by atoms with van der Waals surface area (Å²) >= 11 is 3.17. The number of ether oxygens (including phenoxy) is 2. The van der Waals surface area contributed by atoms with E-state index >= 15 is 0 Å². The third kappa shape index (κ3) is 15.5. The predicted octanol–water partition coefficient (Wildman–Crippen LogP) is 26.3. The number of unbranched alkanes of at least 4 members (excludes halogenated alkanes) is 6. The molecule has 6 aromatic carbocycles. The van der Waals surface area contributed by atoms with Gasteiger partial charge >= 0.3 is 0 Å². The molecule has 10 aromatic rings. The summed E-state index contributed by atoms with van der Waals surface area (Å²) in [6, 6.07) is 41.2. The van der Waals surface area contributed by atoms with E-state index in [-0.39, 0.29) is 22.3 Å². The molecule has 0 fully saturated rings. The Hall–Kier alpha value is -7.00. The molecular formula is C86H108N2O4S2. The van der Waals surface area contributed by atoms with Crippen molar-refractivity contribution in [2.24, 2.45) is 0 Å². The van der Waals surface area contributed by atoms with Gasteiger partial charge in [0.25, 0.3) is 0 Å². The third-order valence-electron chi connectivity index (χ3n) is 20.0. The Kier molecular flexibility index (Phi) is 23.5. The van der Waals surface area contributed by atoms with Crippen LogP contribution >= 0.6 is 22.7 Å². The fourth-order valence-electron chi connectivity index (χ4n) is 14.4. The number of aromatic nitrogens is 2. The van der Waals surface area contributed by atoms with Gasteiger partial charge < -0.3 is 28.8 Å². The van der Waals surface area contributed by atoms with Crippen LogP contribution in [0.1, 0.15) is 244 Å². The highest BCUT2D eigenvalue weighted by atomic mass is 32.1. The maximum Gasteiger partial charge on any atom is 0.158 e. The summed E-state index contributed by atoms with van der Waals surface area (Å²) in [6.45, 7) is 32.9. The van der Waals surface area contributed by atoms with Gasteiger partial charge in [0.1, 0.15) is 11.5 Å². The Morgan fingerprint density at radius 1 is 0.500 bits per heavy atom. The molecule has 4 heterocycles. The van der Waals surface area contributed by atoms with E-state index in [0.29, 0.717) is 25.0 Å². The van der Waals surface area contributed by atoms with E-state index in [4.69, 9.17) is 9.47 Å². The molecule has 0 aliphatic rings. The van der Waals surface area contributed by atoms with Crippen LogP contribution in [-0.4, -0.2) is 32.6 Å². The average Bonchev–Trinajstić information content (AvgIpc) is 1.59. The van der Waals surface area contributed by atoms with Gasteiger partial charge in [-0.15, -0.1) is 22.7 Å². The van der Waals surface area contributed by atoms with Gasteiger partial charge in [0.2, 0.25) is 0 Å². The predicted molar refractivity (Wildman–Crippen MR) is 408 cm³/mol. The van der Waals surface area contributed by atoms with Crippen LogP contribution in [0, 0.1) is 0 Å². The van der Waals surface area contributed by atoms with Crippen molar-refractivity contribution < 1.29 is 19.7 Å². The Balaban J connectivity index is 0.949. The SMILES string of the molecule is C=C(CCC)CC(C)(C)c1ccc(OCCCCOc2ccc(C(C)(C)C/C=C\CCC)cc2-c2scc(-n3c4ccc(CCCCC)cc4c4cc(C(C)CCC)ccc43)c2O)c(-c2scc(-n3c4ccc(CCCCC)cc4c4cc(C(C)CCC)ccc43)c2O)c1. The van der Waals surface area contributed by atoms with Gasteiger partial charge in [0.05, 0.1) is 56.4 Å². The van der Waals surface area contributed by atoms with Crippen LogP contribution in [0.5, 0.6) is 23.0 Å². The first-order valence-electron chi connectivity index (χ1n) is 36.1. The molecule has 94 heavy (non-hydrogen) atoms. The van der Waals surface area contributed by atoms with Crippen molar-refractivity contribution in [1.82, 2.24) is 9.13 Å². The van der Waals surface area contributed by atoms with E-state index in [1.807, 2.05) is 0 Å². The van der Waals surface area contributed by atoms with Crippen LogP contribution in [0.4, 0.5) is 0 Å². The number of hydrogen-bond acceptors (Lipinski definition) is 6. The highest BCUT2D eigenvalue weighted by molar-refractivity contribution is 7.14. The lowest BCUT2D eigenvalue weighted by Crippen LogP contribution is -2.18. The van der Waals surface area contributed by atoms with Crippen LogP contribution in [0.15, 0.2) is 144 Å². The number of aromatic hydroxyl groups is 2. The lowest BCUT2D eigenvalue weighted by Gasteiger charge is -2.27. The minimum absolute atomic E-state index is 0.156. The lowest BCUT2D eigenvalue weighted by molar-refractivity contribution is 0.267. The molecule has 0 saturated heterocycles. The molecule has 0 radical (unpaired) electrons. The normalized spacial score (nSPS) is 13.0. The molecule has 0 aliphatic carbocycles. The number of nitrogens with zero attached hydrogens (tertiary/aromatic N) is 2. The zero-order valence-electron chi connectivity index (χ0n) is 59.0. The van der Waals surface area contributed by atoms with E-state index in [9.17, 15) is 10.2 Å². The van der Waals surface area contributed by atoms with Crippen LogP contribution < -0.4 is 9.47 Å². The molecule has 0 amide bonds. The number of aryl methyl sites for hydroxylation is 2. The first kappa shape index (κ1) is 69.8. The maximum absolute atomic E-state index is 12.8. The molecule has 498 valence electrons. The number of hydrogen-bond donors (Lipinski definition) is 2. The van der Waals surface area contributed by atoms with Crippen molar-refractivity contribution >= 4 is 66.3 Å². The summed E-state index contributed by atoms with van der Waals surface area (Å²) in [5.41, 5.74) is 16.5. The van der Waals surface area contributed by atoms with Crippen LogP contribution in [-0.2, 0) is 23.7 Å². The molecule has 2 N–H and O–H groups in total. The number of allylic oxidation sites excluding steroid dienone is 3. The highest BCUT2D eigenvalue weighted by Crippen LogP contribution is 2.51. The topological polar surface area (TPSA) is 68.8 Å². The molecule has 6 nitrogen and oxygen atoms in total. The number of benzene rings is 6. The molecule has 0 bridgehead atoms. The van der Waals surface area contributed by atoms with Crippen molar-refractivity contribution in [3.05, 3.63) is 178 Å². The summed E-state index contributed by atoms with van der Waals surface area (Å²) in [5.74, 6) is 2.95. The minimum Gasteiger partial charge on any atom is -0.504 e. The van der Waals surface area contributed by atoms with E-state index in [1.165, 1.54) is 99.0 Å². The van der Waals surface area contributed by atoms with Crippen molar-refractivity contribution in [2.75, 3.05) is 13.2 Å². The number of thiophene rings is 2. The smallest absolute Gasteiger partial charge is 0.158 e. The lowest BCUT2D eigenvalue weighted by atomic mass is 9.78. The van der Waals surface area contributed by atoms with E-state index in [2.05, 4.69) is 231 Å². The molecular weight excluding hydrogens is 1190 g/mol. The fraction of sp³-hybridized carbons (Fsp3) is 0.442. The van der Waals surface area contributed by atoms with Gasteiger partial charge in [-0.1, -0.05) is 195 Å². The summed E-state index contributed by atoms with van der Waals surface area (Å²) in [5, 5.41) is 34.8. The summed E-state index contributed by atoms with van der Waals surface area (Å²) < 4.78 is 18.3. The molecule has 8 heteroatoms. The van der Waals surface area contributed by atoms with E-state index in [0.717, 1.165) is 156 Å². The Morgan fingerprint density at radius 3 is 1.38 bits per heavy atom. The molecule has 2 atom stereocenters. The van der Waals surface area contributed by atoms with Crippen molar-refractivity contribution in [3.8, 4) is 55.3 Å². The zero-order chi connectivity index (χ0) is 66.7. The molecule has 4 aromatic heterocycles. The molecule has 0 saturated carbocycles. The van der Waals surface area contributed by atoms with Crippen LogP contribution in [0.2, 0.25) is 0 Å².